The molecular formula is C16H17FN2O2. The SMILES string of the molecule is CC(C)OC(=O)c1ccc(Nc2ccccc2F)c(N)c1. The Kier molecular flexibility index (Phi) is 4.42. The first kappa shape index (κ1) is 14.8. The predicted octanol–water partition coefficient (Wildman–Crippen LogP) is 3.72. The standard InChI is InChI=1S/C16H17FN2O2/c1-10(2)21-16(20)11-7-8-15(13(18)9-11)19-14-6-4-3-5-12(14)17/h3-10,19H,18H2,1-2H3. The van der Waals surface area contributed by atoms with Crippen molar-refractivity contribution in [3.05, 3.63) is 53.8 Å². The molecule has 0 saturated carbocycles. The van der Waals surface area contributed by atoms with Gasteiger partial charge in [-0.2, -0.15) is 0 Å². The molecule has 5 heteroatoms. The van der Waals surface area contributed by atoms with Crippen LogP contribution in [0.3, 0.4) is 0 Å². The molecule has 0 atom stereocenters. The number of nitrogen functional groups attached to an aromatic ring is 1. The van der Waals surface area contributed by atoms with Gasteiger partial charge in [0.15, 0.2) is 0 Å². The van der Waals surface area contributed by atoms with Gasteiger partial charge in [0.05, 0.1) is 28.7 Å². The molecule has 2 rings (SSSR count). The highest BCUT2D eigenvalue weighted by molar-refractivity contribution is 5.92. The average molecular weight is 288 g/mol. The first-order valence-corrected chi connectivity index (χ1v) is 6.59. The largest absolute Gasteiger partial charge is 0.459 e. The molecule has 3 N–H and O–H groups in total. The van der Waals surface area contributed by atoms with Gasteiger partial charge in [0.25, 0.3) is 0 Å². The highest BCUT2D eigenvalue weighted by atomic mass is 19.1. The Labute approximate surface area is 122 Å². The van der Waals surface area contributed by atoms with E-state index < -0.39 is 5.97 Å². The minimum atomic E-state index is -0.436. The fourth-order valence-corrected chi connectivity index (χ4v) is 1.79. The Balaban J connectivity index is 2.20. The monoisotopic (exact) mass is 288 g/mol. The van der Waals surface area contributed by atoms with Crippen molar-refractivity contribution >= 4 is 23.0 Å². The van der Waals surface area contributed by atoms with Gasteiger partial charge in [-0.25, -0.2) is 9.18 Å². The van der Waals surface area contributed by atoms with Crippen molar-refractivity contribution in [1.82, 2.24) is 0 Å². The normalized spacial score (nSPS) is 10.5. The summed E-state index contributed by atoms with van der Waals surface area (Å²) in [7, 11) is 0. The smallest absolute Gasteiger partial charge is 0.338 e. The van der Waals surface area contributed by atoms with Gasteiger partial charge in [0, 0.05) is 0 Å². The van der Waals surface area contributed by atoms with Crippen LogP contribution in [0.4, 0.5) is 21.5 Å². The number of hydrogen-bond acceptors (Lipinski definition) is 4. The lowest BCUT2D eigenvalue weighted by Gasteiger charge is -2.12. The number of halogens is 1. The van der Waals surface area contributed by atoms with E-state index in [4.69, 9.17) is 10.5 Å². The summed E-state index contributed by atoms with van der Waals surface area (Å²) in [4.78, 5) is 11.8. The zero-order chi connectivity index (χ0) is 15.4. The van der Waals surface area contributed by atoms with Gasteiger partial charge < -0.3 is 15.8 Å². The van der Waals surface area contributed by atoms with E-state index in [2.05, 4.69) is 5.32 Å². The van der Waals surface area contributed by atoms with Gasteiger partial charge in [-0.1, -0.05) is 12.1 Å². The van der Waals surface area contributed by atoms with Gasteiger partial charge in [0.2, 0.25) is 0 Å². The van der Waals surface area contributed by atoms with E-state index in [0.29, 0.717) is 22.6 Å². The van der Waals surface area contributed by atoms with E-state index in [-0.39, 0.29) is 11.9 Å². The first-order valence-electron chi connectivity index (χ1n) is 6.59. The molecule has 0 amide bonds. The number of nitrogens with two attached hydrogens (primary N) is 1. The minimum Gasteiger partial charge on any atom is -0.459 e. The maximum absolute atomic E-state index is 13.6. The molecule has 4 nitrogen and oxygen atoms in total. The second-order valence-electron chi connectivity index (χ2n) is 4.86. The van der Waals surface area contributed by atoms with Crippen molar-refractivity contribution in [3.63, 3.8) is 0 Å². The lowest BCUT2D eigenvalue weighted by molar-refractivity contribution is 0.0378. The van der Waals surface area contributed by atoms with Crippen LogP contribution in [-0.4, -0.2) is 12.1 Å². The second-order valence-corrected chi connectivity index (χ2v) is 4.86. The summed E-state index contributed by atoms with van der Waals surface area (Å²) < 4.78 is 18.7. The van der Waals surface area contributed by atoms with Crippen LogP contribution in [0.1, 0.15) is 24.2 Å². The molecule has 0 unspecified atom stereocenters. The van der Waals surface area contributed by atoms with Crippen LogP contribution < -0.4 is 11.1 Å². The Hall–Kier alpha value is -2.56. The van der Waals surface area contributed by atoms with Crippen molar-refractivity contribution in [3.8, 4) is 0 Å². The summed E-state index contributed by atoms with van der Waals surface area (Å²) in [6, 6.07) is 11.0. The molecule has 2 aromatic carbocycles. The molecule has 0 aromatic heterocycles. The van der Waals surface area contributed by atoms with Crippen molar-refractivity contribution < 1.29 is 13.9 Å². The number of rotatable bonds is 4. The maximum Gasteiger partial charge on any atom is 0.338 e. The van der Waals surface area contributed by atoms with Crippen LogP contribution in [-0.2, 0) is 4.74 Å². The molecule has 0 radical (unpaired) electrons. The Morgan fingerprint density at radius 3 is 2.52 bits per heavy atom. The molecule has 0 aliphatic rings. The Bertz CT molecular complexity index is 656. The number of benzene rings is 2. The third-order valence-corrected chi connectivity index (χ3v) is 2.77. The number of nitrogens with one attached hydrogen (secondary N) is 1. The molecule has 0 aliphatic carbocycles. The van der Waals surface area contributed by atoms with E-state index in [1.807, 2.05) is 0 Å². The molecule has 0 heterocycles. The van der Waals surface area contributed by atoms with Crippen molar-refractivity contribution in [1.29, 1.82) is 0 Å². The zero-order valence-electron chi connectivity index (χ0n) is 11.9. The number of anilines is 3. The van der Waals surface area contributed by atoms with Crippen LogP contribution in [0.2, 0.25) is 0 Å². The fourth-order valence-electron chi connectivity index (χ4n) is 1.79. The summed E-state index contributed by atoms with van der Waals surface area (Å²) in [5, 5.41) is 2.90. The number of esters is 1. The molecular weight excluding hydrogens is 271 g/mol. The molecule has 0 bridgehead atoms. The quantitative estimate of drug-likeness (QED) is 0.665. The molecule has 0 saturated heterocycles. The Morgan fingerprint density at radius 1 is 1.19 bits per heavy atom. The van der Waals surface area contributed by atoms with Crippen molar-refractivity contribution in [2.75, 3.05) is 11.1 Å². The molecule has 21 heavy (non-hydrogen) atoms. The zero-order valence-corrected chi connectivity index (χ0v) is 11.9. The average Bonchev–Trinajstić information content (AvgIpc) is 2.42. The number of carbonyl (C=O) groups is 1. The van der Waals surface area contributed by atoms with Gasteiger partial charge in [0.1, 0.15) is 5.82 Å². The molecule has 2 aromatic rings. The van der Waals surface area contributed by atoms with Crippen LogP contribution in [0.25, 0.3) is 0 Å². The van der Waals surface area contributed by atoms with Gasteiger partial charge in [-0.15, -0.1) is 0 Å². The van der Waals surface area contributed by atoms with E-state index in [9.17, 15) is 9.18 Å². The van der Waals surface area contributed by atoms with E-state index in [1.54, 1.807) is 44.2 Å². The Morgan fingerprint density at radius 2 is 1.90 bits per heavy atom. The molecule has 0 fully saturated rings. The summed E-state index contributed by atoms with van der Waals surface area (Å²) in [6.07, 6.45) is -0.199. The topological polar surface area (TPSA) is 64.3 Å². The van der Waals surface area contributed by atoms with Crippen LogP contribution in [0.15, 0.2) is 42.5 Å². The number of ether oxygens (including phenoxy) is 1. The van der Waals surface area contributed by atoms with Gasteiger partial charge in [-0.05, 0) is 44.2 Å². The second kappa shape index (κ2) is 6.26. The number of carbonyl (C=O) groups excluding carboxylic acids is 1. The molecule has 0 aliphatic heterocycles. The summed E-state index contributed by atoms with van der Waals surface area (Å²) in [5.74, 6) is -0.811. The highest BCUT2D eigenvalue weighted by Crippen LogP contribution is 2.26. The van der Waals surface area contributed by atoms with Crippen molar-refractivity contribution in [2.45, 2.75) is 20.0 Å². The van der Waals surface area contributed by atoms with E-state index in [1.165, 1.54) is 12.1 Å². The minimum absolute atomic E-state index is 0.199. The summed E-state index contributed by atoms with van der Waals surface area (Å²) in [6.45, 7) is 3.55. The van der Waals surface area contributed by atoms with Gasteiger partial charge in [-0.3, -0.25) is 0 Å². The summed E-state index contributed by atoms with van der Waals surface area (Å²) >= 11 is 0. The lowest BCUT2D eigenvalue weighted by Crippen LogP contribution is -2.12. The predicted molar refractivity (Wildman–Crippen MR) is 81.1 cm³/mol. The maximum atomic E-state index is 13.6. The third kappa shape index (κ3) is 3.72. The number of hydrogen-bond donors (Lipinski definition) is 2. The van der Waals surface area contributed by atoms with E-state index >= 15 is 0 Å². The lowest BCUT2D eigenvalue weighted by atomic mass is 10.1. The first-order chi connectivity index (χ1) is 9.97. The van der Waals surface area contributed by atoms with Crippen LogP contribution in [0.5, 0.6) is 0 Å². The third-order valence-electron chi connectivity index (χ3n) is 2.77. The highest BCUT2D eigenvalue weighted by Gasteiger charge is 2.11. The fraction of sp³-hybridized carbons (Fsp3) is 0.188. The van der Waals surface area contributed by atoms with Gasteiger partial charge >= 0.3 is 5.97 Å². The van der Waals surface area contributed by atoms with Crippen LogP contribution >= 0.6 is 0 Å². The molecule has 110 valence electrons. The molecule has 0 spiro atoms. The van der Waals surface area contributed by atoms with Crippen molar-refractivity contribution in [2.24, 2.45) is 0 Å². The number of para-hydroxylation sites is 1. The van der Waals surface area contributed by atoms with E-state index in [0.717, 1.165) is 0 Å². The summed E-state index contributed by atoms with van der Waals surface area (Å²) in [5.41, 5.74) is 7.45. The van der Waals surface area contributed by atoms with Crippen LogP contribution in [0, 0.1) is 5.82 Å².